The minimum atomic E-state index is -2.31. The van der Waals surface area contributed by atoms with Gasteiger partial charge >= 0.3 is 174 Å². The molecule has 0 radical (unpaired) electrons. The van der Waals surface area contributed by atoms with Crippen LogP contribution in [0.25, 0.3) is 0 Å². The number of rotatable bonds is 12. The molecule has 0 heterocycles. The van der Waals surface area contributed by atoms with Crippen molar-refractivity contribution in [1.29, 1.82) is 0 Å². The molecule has 2 rings (SSSR count). The van der Waals surface area contributed by atoms with E-state index in [1.807, 2.05) is 0 Å². The fraction of sp³-hybridized carbons (Fsp3) is 0.760. The van der Waals surface area contributed by atoms with Gasteiger partial charge in [-0.05, 0) is 0 Å². The number of unbranched alkanes of at least 4 members (excludes halogenated alkanes) is 3. The molecule has 1 aliphatic rings. The molecular weight excluding hydrogens is 435 g/mol. The number of hydrogen-bond acceptors (Lipinski definition) is 1. The Hall–Kier alpha value is -0.0213. The third kappa shape index (κ3) is 6.49. The molecule has 1 nitrogen and oxygen atoms in total. The van der Waals surface area contributed by atoms with E-state index in [0.717, 1.165) is 9.50 Å². The zero-order valence-electron chi connectivity index (χ0n) is 18.3. The van der Waals surface area contributed by atoms with Crippen LogP contribution in [0.2, 0.25) is 17.2 Å². The molecule has 1 saturated carbocycles. The maximum absolute atomic E-state index is 11.4. The summed E-state index contributed by atoms with van der Waals surface area (Å²) in [4.78, 5) is 0. The first-order valence-corrected chi connectivity index (χ1v) is 19.6. The zero-order valence-corrected chi connectivity index (χ0v) is 21.1. The van der Waals surface area contributed by atoms with E-state index in [9.17, 15) is 5.11 Å². The van der Waals surface area contributed by atoms with Gasteiger partial charge in [-0.25, -0.2) is 0 Å². The van der Waals surface area contributed by atoms with E-state index in [1.165, 1.54) is 64.2 Å². The predicted molar refractivity (Wildman–Crippen MR) is 122 cm³/mol. The molecule has 0 bridgehead atoms. The van der Waals surface area contributed by atoms with Crippen LogP contribution in [0.1, 0.15) is 96.6 Å². The molecule has 1 unspecified atom stereocenters. The number of hydrogen-bond donors (Lipinski definition) is 1. The monoisotopic (exact) mass is 480 g/mol. The quantitative estimate of drug-likeness (QED) is 0.300. The first-order valence-electron chi connectivity index (χ1n) is 11.9. The Kier molecular flexibility index (Phi) is 10.8. The third-order valence-electron chi connectivity index (χ3n) is 7.24. The van der Waals surface area contributed by atoms with Gasteiger partial charge in [0.2, 0.25) is 0 Å². The summed E-state index contributed by atoms with van der Waals surface area (Å²) < 4.78 is 5.63. The Morgan fingerprint density at radius 2 is 1.37 bits per heavy atom. The maximum atomic E-state index is 11.4. The van der Waals surface area contributed by atoms with Gasteiger partial charge in [0.25, 0.3) is 0 Å². The van der Waals surface area contributed by atoms with Gasteiger partial charge in [-0.2, -0.15) is 0 Å². The van der Waals surface area contributed by atoms with Gasteiger partial charge in [0.05, 0.1) is 0 Å². The molecule has 0 aliphatic heterocycles. The van der Waals surface area contributed by atoms with Crippen LogP contribution in [0.5, 0.6) is 0 Å². The van der Waals surface area contributed by atoms with Crippen molar-refractivity contribution in [1.82, 2.24) is 0 Å². The molecular formula is C25H44OSn. The van der Waals surface area contributed by atoms with Crippen LogP contribution in [0.15, 0.2) is 30.3 Å². The van der Waals surface area contributed by atoms with Crippen LogP contribution in [0.4, 0.5) is 0 Å². The van der Waals surface area contributed by atoms with E-state index in [1.54, 1.807) is 13.3 Å². The fourth-order valence-electron chi connectivity index (χ4n) is 5.71. The van der Waals surface area contributed by atoms with E-state index in [2.05, 4.69) is 51.1 Å². The average Bonchev–Trinajstić information content (AvgIpc) is 2.73. The van der Waals surface area contributed by atoms with E-state index < -0.39 is 18.4 Å². The number of aliphatic hydroxyl groups excluding tert-OH is 1. The summed E-state index contributed by atoms with van der Waals surface area (Å²) in [5.41, 5.74) is 1.16. The van der Waals surface area contributed by atoms with Crippen LogP contribution in [0, 0.1) is 5.92 Å². The molecule has 154 valence electrons. The second-order valence-corrected chi connectivity index (χ2v) is 23.3. The predicted octanol–water partition coefficient (Wildman–Crippen LogP) is 8.13. The zero-order chi connectivity index (χ0) is 19.5. The van der Waals surface area contributed by atoms with Crippen molar-refractivity contribution in [3.05, 3.63) is 35.9 Å². The second-order valence-electron chi connectivity index (χ2n) is 9.08. The molecule has 0 spiro atoms. The van der Waals surface area contributed by atoms with Gasteiger partial charge in [0.15, 0.2) is 0 Å². The molecule has 0 aromatic heterocycles. The molecule has 3 atom stereocenters. The number of benzene rings is 1. The molecule has 2 heteroatoms. The summed E-state index contributed by atoms with van der Waals surface area (Å²) in [6.07, 6.45) is 13.5. The standard InChI is InChI=1S/C13H17O.3C4H9.Sn/c14-13(11-7-3-1-4-8-11)12-9-5-2-6-10-12;3*1-3-4-2;/h1,3-4,7-9,12-14H,2,5-6,10H2;3*1,3-4H2,2H3;/t12-,13+;;;;/m0..../s1. The van der Waals surface area contributed by atoms with Gasteiger partial charge in [-0.1, -0.05) is 0 Å². The van der Waals surface area contributed by atoms with E-state index in [4.69, 9.17) is 0 Å². The molecule has 1 fully saturated rings. The SMILES string of the molecule is CCC[CH2][Sn]([CH2]CCC)([CH2]CCC)[CH]1CCCC[C@H]1[C@H](O)c1ccccc1. The molecule has 27 heavy (non-hydrogen) atoms. The van der Waals surface area contributed by atoms with Gasteiger partial charge in [-0.3, -0.25) is 0 Å². The summed E-state index contributed by atoms with van der Waals surface area (Å²) in [7, 11) is 0. The summed E-state index contributed by atoms with van der Waals surface area (Å²) in [6.45, 7) is 7.11. The summed E-state index contributed by atoms with van der Waals surface area (Å²) in [5.74, 6) is 0.530. The van der Waals surface area contributed by atoms with Crippen LogP contribution >= 0.6 is 0 Å². The molecule has 0 saturated heterocycles. The topological polar surface area (TPSA) is 20.2 Å². The molecule has 1 N–H and O–H groups in total. The molecule has 1 aromatic carbocycles. The van der Waals surface area contributed by atoms with E-state index in [0.29, 0.717) is 5.92 Å². The van der Waals surface area contributed by atoms with Crippen molar-refractivity contribution in [3.63, 3.8) is 0 Å². The fourth-order valence-corrected chi connectivity index (χ4v) is 26.0. The first kappa shape index (κ1) is 23.3. The van der Waals surface area contributed by atoms with Crippen molar-refractivity contribution in [2.75, 3.05) is 0 Å². The van der Waals surface area contributed by atoms with E-state index >= 15 is 0 Å². The van der Waals surface area contributed by atoms with Gasteiger partial charge < -0.3 is 0 Å². The van der Waals surface area contributed by atoms with Crippen LogP contribution in [-0.2, 0) is 0 Å². The van der Waals surface area contributed by atoms with Gasteiger partial charge in [0.1, 0.15) is 0 Å². The van der Waals surface area contributed by atoms with Crippen molar-refractivity contribution >= 4 is 18.4 Å². The molecule has 1 aliphatic carbocycles. The summed E-state index contributed by atoms with van der Waals surface area (Å²) in [6, 6.07) is 10.6. The normalized spacial score (nSPS) is 21.9. The summed E-state index contributed by atoms with van der Waals surface area (Å²) >= 11 is -2.31. The molecule has 0 amide bonds. The third-order valence-corrected chi connectivity index (χ3v) is 25.3. The van der Waals surface area contributed by atoms with E-state index in [-0.39, 0.29) is 6.10 Å². The van der Waals surface area contributed by atoms with Crippen molar-refractivity contribution in [2.24, 2.45) is 5.92 Å². The van der Waals surface area contributed by atoms with Crippen molar-refractivity contribution < 1.29 is 5.11 Å². The van der Waals surface area contributed by atoms with Gasteiger partial charge in [-0.15, -0.1) is 0 Å². The van der Waals surface area contributed by atoms with Gasteiger partial charge in [0, 0.05) is 0 Å². The van der Waals surface area contributed by atoms with Crippen molar-refractivity contribution in [2.45, 2.75) is 108 Å². The van der Waals surface area contributed by atoms with Crippen LogP contribution < -0.4 is 0 Å². The average molecular weight is 479 g/mol. The minimum absolute atomic E-state index is 0.238. The van der Waals surface area contributed by atoms with Crippen molar-refractivity contribution in [3.8, 4) is 0 Å². The Bertz CT molecular complexity index is 479. The Morgan fingerprint density at radius 3 is 1.89 bits per heavy atom. The Morgan fingerprint density at radius 1 is 0.852 bits per heavy atom. The second kappa shape index (κ2) is 12.5. The summed E-state index contributed by atoms with van der Waals surface area (Å²) in [5, 5.41) is 11.4. The van der Waals surface area contributed by atoms with Crippen LogP contribution in [-0.4, -0.2) is 23.5 Å². The Balaban J connectivity index is 2.31. The number of aliphatic hydroxyl groups is 1. The molecule has 1 aromatic rings. The Labute approximate surface area is 173 Å². The first-order chi connectivity index (χ1) is 13.2. The van der Waals surface area contributed by atoms with Crippen LogP contribution in [0.3, 0.4) is 0 Å².